The maximum absolute atomic E-state index is 12.5. The Morgan fingerprint density at radius 3 is 2.33 bits per heavy atom. The molecule has 2 rings (SSSR count). The van der Waals surface area contributed by atoms with Crippen molar-refractivity contribution < 1.29 is 23.4 Å². The van der Waals surface area contributed by atoms with E-state index < -0.39 is 32.3 Å². The van der Waals surface area contributed by atoms with Crippen LogP contribution in [0.2, 0.25) is 10.0 Å². The Bertz CT molecular complexity index is 950. The van der Waals surface area contributed by atoms with E-state index in [9.17, 15) is 23.4 Å². The van der Waals surface area contributed by atoms with Crippen LogP contribution in [0.1, 0.15) is 10.4 Å². The molecule has 0 heterocycles. The normalized spacial score (nSPS) is 11.3. The van der Waals surface area contributed by atoms with Gasteiger partial charge in [0.05, 0.1) is 16.3 Å². The summed E-state index contributed by atoms with van der Waals surface area (Å²) in [4.78, 5) is 10.7. The van der Waals surface area contributed by atoms with E-state index in [1.54, 1.807) is 0 Å². The number of benzene rings is 2. The zero-order valence-corrected chi connectivity index (χ0v) is 15.5. The van der Waals surface area contributed by atoms with E-state index in [1.165, 1.54) is 6.07 Å². The number of amides is 1. The highest BCUT2D eigenvalue weighted by atomic mass is 79.9. The molecule has 0 saturated heterocycles. The number of carbonyl (C=O) groups is 1. The van der Waals surface area contributed by atoms with Crippen molar-refractivity contribution in [2.45, 2.75) is 4.90 Å². The molecule has 5 N–H and O–H groups in total. The lowest BCUT2D eigenvalue weighted by Gasteiger charge is -2.13. The third-order valence-electron chi connectivity index (χ3n) is 2.87. The fourth-order valence-corrected chi connectivity index (χ4v) is 4.25. The zero-order valence-electron chi connectivity index (χ0n) is 11.5. The van der Waals surface area contributed by atoms with E-state index >= 15 is 0 Å². The summed E-state index contributed by atoms with van der Waals surface area (Å²) >= 11 is 14.6. The summed E-state index contributed by atoms with van der Waals surface area (Å²) in [6.07, 6.45) is 0. The van der Waals surface area contributed by atoms with Crippen LogP contribution >= 0.6 is 39.1 Å². The molecule has 0 aliphatic heterocycles. The van der Waals surface area contributed by atoms with Crippen LogP contribution < -0.4 is 10.5 Å². The van der Waals surface area contributed by atoms with Crippen molar-refractivity contribution in [3.05, 3.63) is 44.3 Å². The molecule has 0 spiro atoms. The Morgan fingerprint density at radius 2 is 1.75 bits per heavy atom. The van der Waals surface area contributed by atoms with Crippen LogP contribution in [0.4, 0.5) is 5.69 Å². The molecule has 0 aliphatic carbocycles. The molecule has 0 bridgehead atoms. The summed E-state index contributed by atoms with van der Waals surface area (Å²) in [5, 5.41) is 19.6. The molecule has 128 valence electrons. The second kappa shape index (κ2) is 6.67. The molecule has 1 amide bonds. The number of rotatable bonds is 4. The van der Waals surface area contributed by atoms with E-state index in [2.05, 4.69) is 15.9 Å². The summed E-state index contributed by atoms with van der Waals surface area (Å²) in [5.41, 5.74) is 4.35. The molecule has 11 heteroatoms. The van der Waals surface area contributed by atoms with Gasteiger partial charge in [-0.15, -0.1) is 0 Å². The molecule has 7 nitrogen and oxygen atoms in total. The monoisotopic (exact) mass is 454 g/mol. The number of sulfonamides is 1. The maximum Gasteiger partial charge on any atom is 0.265 e. The van der Waals surface area contributed by atoms with Crippen molar-refractivity contribution in [3.8, 4) is 11.5 Å². The lowest BCUT2D eigenvalue weighted by atomic mass is 10.1. The average Bonchev–Trinajstić information content (AvgIpc) is 2.45. The van der Waals surface area contributed by atoms with Gasteiger partial charge in [0.25, 0.3) is 15.9 Å². The SMILES string of the molecule is NC(=O)c1cc(Cl)cc(NS(=O)(=O)c2cc(Br)cc(Cl)c2O)c1O. The molecule has 0 atom stereocenters. The number of nitrogens with one attached hydrogen (secondary N) is 1. The van der Waals surface area contributed by atoms with Gasteiger partial charge in [0.15, 0.2) is 11.5 Å². The van der Waals surface area contributed by atoms with Gasteiger partial charge in [-0.05, 0) is 24.3 Å². The number of halogens is 3. The summed E-state index contributed by atoms with van der Waals surface area (Å²) < 4.78 is 27.2. The fourth-order valence-electron chi connectivity index (χ4n) is 1.81. The Kier molecular flexibility index (Phi) is 5.19. The van der Waals surface area contributed by atoms with Crippen molar-refractivity contribution in [1.82, 2.24) is 0 Å². The number of phenols is 2. The topological polar surface area (TPSA) is 130 Å². The molecular weight excluding hydrogens is 447 g/mol. The highest BCUT2D eigenvalue weighted by molar-refractivity contribution is 9.10. The number of carbonyl (C=O) groups excluding carboxylic acids is 1. The molecule has 2 aromatic carbocycles. The fraction of sp³-hybridized carbons (Fsp3) is 0. The predicted molar refractivity (Wildman–Crippen MR) is 93.3 cm³/mol. The first kappa shape index (κ1) is 18.7. The Labute approximate surface area is 155 Å². The van der Waals surface area contributed by atoms with Crippen molar-refractivity contribution in [2.75, 3.05) is 4.72 Å². The van der Waals surface area contributed by atoms with E-state index in [0.717, 1.165) is 18.2 Å². The number of aromatic hydroxyl groups is 2. The van der Waals surface area contributed by atoms with Gasteiger partial charge in [-0.1, -0.05) is 39.1 Å². The molecule has 24 heavy (non-hydrogen) atoms. The number of nitrogens with two attached hydrogens (primary N) is 1. The summed E-state index contributed by atoms with van der Waals surface area (Å²) in [6, 6.07) is 4.58. The lowest BCUT2D eigenvalue weighted by Crippen LogP contribution is -2.16. The molecular formula is C13H9BrCl2N2O5S. The van der Waals surface area contributed by atoms with Crippen LogP contribution in [0.5, 0.6) is 11.5 Å². The predicted octanol–water partition coefficient (Wildman–Crippen LogP) is 3.07. The average molecular weight is 456 g/mol. The van der Waals surface area contributed by atoms with Gasteiger partial charge in [-0.25, -0.2) is 8.42 Å². The minimum absolute atomic E-state index is 0.0317. The molecule has 0 saturated carbocycles. The van der Waals surface area contributed by atoms with E-state index in [1.807, 2.05) is 4.72 Å². The molecule has 0 radical (unpaired) electrons. The van der Waals surface area contributed by atoms with Crippen molar-refractivity contribution in [2.24, 2.45) is 5.73 Å². The molecule has 0 aliphatic rings. The van der Waals surface area contributed by atoms with Crippen molar-refractivity contribution in [3.63, 3.8) is 0 Å². The van der Waals surface area contributed by atoms with Crippen LogP contribution in [-0.2, 0) is 10.0 Å². The molecule has 0 aromatic heterocycles. The van der Waals surface area contributed by atoms with E-state index in [-0.39, 0.29) is 21.3 Å². The largest absolute Gasteiger partial charge is 0.505 e. The third-order valence-corrected chi connectivity index (χ3v) is 5.21. The Morgan fingerprint density at radius 1 is 1.12 bits per heavy atom. The second-order valence-electron chi connectivity index (χ2n) is 4.55. The third kappa shape index (κ3) is 3.69. The molecule has 0 fully saturated rings. The Balaban J connectivity index is 2.57. The first-order valence-electron chi connectivity index (χ1n) is 6.06. The van der Waals surface area contributed by atoms with Gasteiger partial charge in [-0.3, -0.25) is 9.52 Å². The summed E-state index contributed by atoms with van der Waals surface area (Å²) in [5.74, 6) is -2.37. The lowest BCUT2D eigenvalue weighted by molar-refractivity contribution is 0.0998. The number of anilines is 1. The first-order valence-corrected chi connectivity index (χ1v) is 9.09. The van der Waals surface area contributed by atoms with Gasteiger partial charge in [0.1, 0.15) is 4.90 Å². The number of hydrogen-bond acceptors (Lipinski definition) is 5. The van der Waals surface area contributed by atoms with Crippen molar-refractivity contribution in [1.29, 1.82) is 0 Å². The molecule has 2 aromatic rings. The maximum atomic E-state index is 12.5. The number of primary amides is 1. The van der Waals surface area contributed by atoms with Gasteiger partial charge >= 0.3 is 0 Å². The highest BCUT2D eigenvalue weighted by Gasteiger charge is 2.24. The Hall–Kier alpha value is -1.68. The van der Waals surface area contributed by atoms with Gasteiger partial charge in [0, 0.05) is 9.50 Å². The van der Waals surface area contributed by atoms with Crippen LogP contribution in [0.25, 0.3) is 0 Å². The van der Waals surface area contributed by atoms with Crippen molar-refractivity contribution >= 4 is 60.7 Å². The van der Waals surface area contributed by atoms with Crippen LogP contribution in [0.3, 0.4) is 0 Å². The highest BCUT2D eigenvalue weighted by Crippen LogP contribution is 2.37. The van der Waals surface area contributed by atoms with Crippen LogP contribution in [0, 0.1) is 0 Å². The van der Waals surface area contributed by atoms with Gasteiger partial charge in [-0.2, -0.15) is 0 Å². The minimum Gasteiger partial charge on any atom is -0.505 e. The molecule has 0 unspecified atom stereocenters. The summed E-state index contributed by atoms with van der Waals surface area (Å²) in [6.45, 7) is 0. The van der Waals surface area contributed by atoms with E-state index in [4.69, 9.17) is 28.9 Å². The van der Waals surface area contributed by atoms with Crippen LogP contribution in [0.15, 0.2) is 33.6 Å². The smallest absolute Gasteiger partial charge is 0.265 e. The van der Waals surface area contributed by atoms with Crippen LogP contribution in [-0.4, -0.2) is 24.5 Å². The van der Waals surface area contributed by atoms with Gasteiger partial charge in [0.2, 0.25) is 0 Å². The first-order chi connectivity index (χ1) is 11.0. The minimum atomic E-state index is -4.36. The number of phenolic OH excluding ortho intramolecular Hbond substituents is 1. The van der Waals surface area contributed by atoms with E-state index in [0.29, 0.717) is 4.47 Å². The van der Waals surface area contributed by atoms with Gasteiger partial charge < -0.3 is 15.9 Å². The summed E-state index contributed by atoms with van der Waals surface area (Å²) in [7, 11) is -4.36. The quantitative estimate of drug-likeness (QED) is 0.526. The second-order valence-corrected chi connectivity index (χ2v) is 7.96. The standard InChI is InChI=1S/C13H9BrCl2N2O5S/c14-5-1-8(16)12(20)10(2-5)24(22,23)18-9-4-6(15)3-7(11(9)19)13(17)21/h1-4,18-20H,(H2,17,21). The number of hydrogen-bond donors (Lipinski definition) is 4. The zero-order chi connectivity index (χ0) is 18.2.